The lowest BCUT2D eigenvalue weighted by Crippen LogP contribution is -2.37. The smallest absolute Gasteiger partial charge is 0.131 e. The molecule has 0 aliphatic carbocycles. The molecule has 0 spiro atoms. The van der Waals surface area contributed by atoms with Gasteiger partial charge in [0.2, 0.25) is 0 Å². The average Bonchev–Trinajstić information content (AvgIpc) is 2.84. The lowest BCUT2D eigenvalue weighted by atomic mass is 10.2. The minimum Gasteiger partial charge on any atom is -0.378 e. The van der Waals surface area contributed by atoms with E-state index in [1.54, 1.807) is 0 Å². The number of pyridine rings is 2. The molecule has 5 heteroatoms. The summed E-state index contributed by atoms with van der Waals surface area (Å²) in [6.07, 6.45) is 8.30. The standard InChI is InChI=1S/C12H20N2.C11H16N2O.C2H6/c1-4-6-10-14(3)12-11(5-2)8-7-9-13-12;1-2-10-4-3-5-12-11(10)13-6-8-14-9-7-13;1-2/h7-9H,4-6,10H2,1-3H3;3-5H,2,6-9H2,1H3;1-2H3. The third kappa shape index (κ3) is 8.31. The summed E-state index contributed by atoms with van der Waals surface area (Å²) in [6, 6.07) is 8.32. The van der Waals surface area contributed by atoms with E-state index in [1.165, 1.54) is 24.0 Å². The van der Waals surface area contributed by atoms with Crippen LogP contribution < -0.4 is 9.80 Å². The molecule has 1 aliphatic rings. The second kappa shape index (κ2) is 15.7. The SMILES string of the molecule is CC.CCCCN(C)c1ncccc1CC.CCc1cccnc1N1CCOCC1. The van der Waals surface area contributed by atoms with Gasteiger partial charge in [0, 0.05) is 39.1 Å². The van der Waals surface area contributed by atoms with Crippen LogP contribution in [0.2, 0.25) is 0 Å². The van der Waals surface area contributed by atoms with E-state index in [0.717, 1.165) is 57.3 Å². The predicted molar refractivity (Wildman–Crippen MR) is 130 cm³/mol. The van der Waals surface area contributed by atoms with E-state index in [4.69, 9.17) is 4.74 Å². The minimum absolute atomic E-state index is 0.819. The molecule has 30 heavy (non-hydrogen) atoms. The van der Waals surface area contributed by atoms with Gasteiger partial charge in [-0.05, 0) is 42.5 Å². The number of nitrogens with zero attached hydrogens (tertiary/aromatic N) is 4. The molecule has 0 bridgehead atoms. The maximum atomic E-state index is 5.33. The lowest BCUT2D eigenvalue weighted by Gasteiger charge is -2.29. The van der Waals surface area contributed by atoms with Gasteiger partial charge in [-0.15, -0.1) is 0 Å². The molecule has 3 heterocycles. The zero-order chi connectivity index (χ0) is 22.2. The van der Waals surface area contributed by atoms with Gasteiger partial charge in [-0.1, -0.05) is 53.2 Å². The first-order valence-corrected chi connectivity index (χ1v) is 11.6. The van der Waals surface area contributed by atoms with Crippen molar-refractivity contribution < 1.29 is 4.74 Å². The summed E-state index contributed by atoms with van der Waals surface area (Å²) in [5.41, 5.74) is 2.67. The van der Waals surface area contributed by atoms with Crippen LogP contribution in [0.25, 0.3) is 0 Å². The number of anilines is 2. The highest BCUT2D eigenvalue weighted by atomic mass is 16.5. The van der Waals surface area contributed by atoms with Crippen molar-refractivity contribution in [3.63, 3.8) is 0 Å². The second-order valence-electron chi connectivity index (χ2n) is 7.05. The Morgan fingerprint density at radius 2 is 1.53 bits per heavy atom. The molecule has 2 aromatic rings. The fourth-order valence-electron chi connectivity index (χ4n) is 3.32. The van der Waals surface area contributed by atoms with Gasteiger partial charge in [-0.25, -0.2) is 9.97 Å². The molecular weight excluding hydrogens is 372 g/mol. The zero-order valence-corrected chi connectivity index (χ0v) is 20.0. The highest BCUT2D eigenvalue weighted by molar-refractivity contribution is 5.47. The Kier molecular flexibility index (Phi) is 13.5. The molecule has 168 valence electrons. The van der Waals surface area contributed by atoms with Crippen molar-refractivity contribution >= 4 is 11.6 Å². The predicted octanol–water partition coefficient (Wildman–Crippen LogP) is 5.39. The van der Waals surface area contributed by atoms with E-state index < -0.39 is 0 Å². The molecule has 0 radical (unpaired) electrons. The van der Waals surface area contributed by atoms with Crippen LogP contribution in [0.3, 0.4) is 0 Å². The monoisotopic (exact) mass is 414 g/mol. The van der Waals surface area contributed by atoms with E-state index in [2.05, 4.69) is 59.7 Å². The van der Waals surface area contributed by atoms with Gasteiger partial charge >= 0.3 is 0 Å². The van der Waals surface area contributed by atoms with Crippen molar-refractivity contribution in [1.29, 1.82) is 0 Å². The summed E-state index contributed by atoms with van der Waals surface area (Å²) in [6.45, 7) is 15.2. The molecule has 0 aromatic carbocycles. The van der Waals surface area contributed by atoms with Crippen LogP contribution in [0.15, 0.2) is 36.7 Å². The fraction of sp³-hybridized carbons (Fsp3) is 0.600. The van der Waals surface area contributed by atoms with Gasteiger partial charge < -0.3 is 14.5 Å². The van der Waals surface area contributed by atoms with Crippen molar-refractivity contribution in [2.24, 2.45) is 0 Å². The zero-order valence-electron chi connectivity index (χ0n) is 20.0. The Balaban J connectivity index is 0.000000277. The summed E-state index contributed by atoms with van der Waals surface area (Å²) < 4.78 is 5.33. The number of hydrogen-bond donors (Lipinski definition) is 0. The summed E-state index contributed by atoms with van der Waals surface area (Å²) in [4.78, 5) is 13.4. The van der Waals surface area contributed by atoms with Crippen LogP contribution in [0, 0.1) is 0 Å². The van der Waals surface area contributed by atoms with Crippen molar-refractivity contribution in [2.75, 3.05) is 49.7 Å². The molecule has 0 unspecified atom stereocenters. The summed E-state index contributed by atoms with van der Waals surface area (Å²) in [7, 11) is 2.12. The van der Waals surface area contributed by atoms with Gasteiger partial charge in [-0.2, -0.15) is 0 Å². The average molecular weight is 415 g/mol. The number of unbranched alkanes of at least 4 members (excludes halogenated alkanes) is 1. The van der Waals surface area contributed by atoms with Crippen molar-refractivity contribution in [2.45, 2.75) is 60.3 Å². The molecule has 3 rings (SSSR count). The third-order valence-corrected chi connectivity index (χ3v) is 5.02. The van der Waals surface area contributed by atoms with Crippen LogP contribution in [-0.2, 0) is 17.6 Å². The number of morpholine rings is 1. The number of hydrogen-bond acceptors (Lipinski definition) is 5. The van der Waals surface area contributed by atoms with E-state index >= 15 is 0 Å². The van der Waals surface area contributed by atoms with Crippen molar-refractivity contribution in [3.8, 4) is 0 Å². The third-order valence-electron chi connectivity index (χ3n) is 5.02. The van der Waals surface area contributed by atoms with Crippen LogP contribution >= 0.6 is 0 Å². The van der Waals surface area contributed by atoms with Gasteiger partial charge in [0.25, 0.3) is 0 Å². The largest absolute Gasteiger partial charge is 0.378 e. The Bertz CT molecular complexity index is 686. The van der Waals surface area contributed by atoms with Gasteiger partial charge in [0.1, 0.15) is 11.6 Å². The second-order valence-corrected chi connectivity index (χ2v) is 7.05. The number of ether oxygens (including phenoxy) is 1. The minimum atomic E-state index is 0.819. The first-order chi connectivity index (χ1) is 14.7. The first kappa shape index (κ1) is 25.9. The van der Waals surface area contributed by atoms with Gasteiger partial charge in [0.15, 0.2) is 0 Å². The molecule has 0 amide bonds. The molecule has 1 saturated heterocycles. The maximum Gasteiger partial charge on any atom is 0.131 e. The Labute approximate surface area is 184 Å². The Morgan fingerprint density at radius 1 is 0.933 bits per heavy atom. The van der Waals surface area contributed by atoms with E-state index in [1.807, 2.05) is 38.4 Å². The number of rotatable bonds is 7. The number of aromatic nitrogens is 2. The first-order valence-electron chi connectivity index (χ1n) is 11.6. The molecule has 1 fully saturated rings. The summed E-state index contributed by atoms with van der Waals surface area (Å²) in [5, 5.41) is 0. The summed E-state index contributed by atoms with van der Waals surface area (Å²) in [5.74, 6) is 2.28. The molecule has 0 N–H and O–H groups in total. The van der Waals surface area contributed by atoms with Crippen LogP contribution in [0.4, 0.5) is 11.6 Å². The molecule has 2 aromatic heterocycles. The molecule has 0 atom stereocenters. The Hall–Kier alpha value is -2.14. The van der Waals surface area contributed by atoms with Crippen LogP contribution in [-0.4, -0.2) is 49.9 Å². The number of aryl methyl sites for hydroxylation is 2. The highest BCUT2D eigenvalue weighted by Gasteiger charge is 2.14. The van der Waals surface area contributed by atoms with Gasteiger partial charge in [0.05, 0.1) is 13.2 Å². The molecular formula is C25H42N4O. The van der Waals surface area contributed by atoms with Crippen molar-refractivity contribution in [1.82, 2.24) is 9.97 Å². The molecule has 0 saturated carbocycles. The summed E-state index contributed by atoms with van der Waals surface area (Å²) >= 11 is 0. The highest BCUT2D eigenvalue weighted by Crippen LogP contribution is 2.18. The quantitative estimate of drug-likeness (QED) is 0.608. The van der Waals surface area contributed by atoms with Crippen LogP contribution in [0.5, 0.6) is 0 Å². The lowest BCUT2D eigenvalue weighted by molar-refractivity contribution is 0.122. The van der Waals surface area contributed by atoms with E-state index in [0.29, 0.717) is 0 Å². The topological polar surface area (TPSA) is 41.5 Å². The van der Waals surface area contributed by atoms with Gasteiger partial charge in [-0.3, -0.25) is 0 Å². The van der Waals surface area contributed by atoms with Crippen LogP contribution in [0.1, 0.15) is 58.6 Å². The van der Waals surface area contributed by atoms with Crippen molar-refractivity contribution in [3.05, 3.63) is 47.8 Å². The molecule has 1 aliphatic heterocycles. The van der Waals surface area contributed by atoms with E-state index in [-0.39, 0.29) is 0 Å². The fourth-order valence-corrected chi connectivity index (χ4v) is 3.32. The molecule has 5 nitrogen and oxygen atoms in total. The van der Waals surface area contributed by atoms with E-state index in [9.17, 15) is 0 Å². The Morgan fingerprint density at radius 3 is 2.13 bits per heavy atom. The maximum absolute atomic E-state index is 5.33. The normalized spacial score (nSPS) is 12.9.